The van der Waals surface area contributed by atoms with Gasteiger partial charge in [0.25, 0.3) is 5.56 Å². The maximum Gasteiger partial charge on any atom is 0.471 e. The van der Waals surface area contributed by atoms with Crippen LogP contribution in [0.15, 0.2) is 15.8 Å². The predicted octanol–water partition coefficient (Wildman–Crippen LogP) is -0.518. The first-order chi connectivity index (χ1) is 12.1. The molecule has 0 aliphatic carbocycles. The van der Waals surface area contributed by atoms with Gasteiger partial charge in [0.2, 0.25) is 0 Å². The molecule has 0 radical (unpaired) electrons. The summed E-state index contributed by atoms with van der Waals surface area (Å²) in [5.74, 6) is 2.26. The second-order valence-corrected chi connectivity index (χ2v) is 5.74. The topological polar surface area (TPSA) is 113 Å². The van der Waals surface area contributed by atoms with Gasteiger partial charge >= 0.3 is 17.8 Å². The van der Waals surface area contributed by atoms with E-state index in [9.17, 15) is 27.6 Å². The molecule has 1 saturated heterocycles. The van der Waals surface area contributed by atoms with Crippen molar-refractivity contribution in [3.05, 3.63) is 32.6 Å². The quantitative estimate of drug-likeness (QED) is 0.616. The third kappa shape index (κ3) is 4.53. The second kappa shape index (κ2) is 7.76. The van der Waals surface area contributed by atoms with E-state index in [1.54, 1.807) is 12.2 Å². The summed E-state index contributed by atoms with van der Waals surface area (Å²) in [5.41, 5.74) is -1.72. The Morgan fingerprint density at radius 2 is 2.19 bits per heavy atom. The van der Waals surface area contributed by atoms with Crippen LogP contribution in [0.1, 0.15) is 25.1 Å². The zero-order chi connectivity index (χ0) is 19.5. The molecule has 142 valence electrons. The van der Waals surface area contributed by atoms with Gasteiger partial charge in [-0.05, 0) is 6.42 Å². The minimum atomic E-state index is -5.02. The molecule has 3 atom stereocenters. The highest BCUT2D eigenvalue weighted by molar-refractivity contribution is 5.81. The van der Waals surface area contributed by atoms with Gasteiger partial charge in [0.05, 0.1) is 19.3 Å². The largest absolute Gasteiger partial charge is 0.471 e. The van der Waals surface area contributed by atoms with Gasteiger partial charge in [-0.25, -0.2) is 4.79 Å². The fourth-order valence-electron chi connectivity index (χ4n) is 2.50. The van der Waals surface area contributed by atoms with Gasteiger partial charge in [-0.3, -0.25) is 19.1 Å². The molecule has 2 rings (SSSR count). The fourth-order valence-corrected chi connectivity index (χ4v) is 2.50. The first-order valence-corrected chi connectivity index (χ1v) is 7.59. The number of hydrogen-bond acceptors (Lipinski definition) is 5. The maximum absolute atomic E-state index is 12.0. The van der Waals surface area contributed by atoms with Crippen LogP contribution in [-0.2, 0) is 9.53 Å². The van der Waals surface area contributed by atoms with Crippen LogP contribution in [0.25, 0.3) is 0 Å². The lowest BCUT2D eigenvalue weighted by Crippen LogP contribution is -2.37. The lowest BCUT2D eigenvalue weighted by molar-refractivity contribution is -0.173. The minimum absolute atomic E-state index is 0.123. The summed E-state index contributed by atoms with van der Waals surface area (Å²) in [5, 5.41) is 10.7. The lowest BCUT2D eigenvalue weighted by atomic mass is 10.1. The average molecular weight is 375 g/mol. The summed E-state index contributed by atoms with van der Waals surface area (Å²) >= 11 is 0. The van der Waals surface area contributed by atoms with Crippen molar-refractivity contribution < 1.29 is 27.8 Å². The number of H-pyrrole nitrogens is 1. The van der Waals surface area contributed by atoms with Crippen LogP contribution in [0.4, 0.5) is 13.2 Å². The van der Waals surface area contributed by atoms with Crippen LogP contribution in [0.3, 0.4) is 0 Å². The number of nitrogens with zero attached hydrogens (tertiary/aromatic N) is 1. The number of amides is 1. The highest BCUT2D eigenvalue weighted by Crippen LogP contribution is 2.32. The number of hydrogen-bond donors (Lipinski definition) is 3. The monoisotopic (exact) mass is 375 g/mol. The Labute approximate surface area is 145 Å². The normalized spacial score (nSPS) is 22.6. The molecule has 1 aromatic heterocycles. The van der Waals surface area contributed by atoms with E-state index in [1.807, 2.05) is 0 Å². The van der Waals surface area contributed by atoms with Crippen molar-refractivity contribution in [3.63, 3.8) is 0 Å². The highest BCUT2D eigenvalue weighted by Gasteiger charge is 2.38. The van der Waals surface area contributed by atoms with Gasteiger partial charge in [-0.2, -0.15) is 13.2 Å². The van der Waals surface area contributed by atoms with Crippen LogP contribution >= 0.6 is 0 Å². The van der Waals surface area contributed by atoms with Crippen LogP contribution in [-0.4, -0.2) is 46.0 Å². The van der Waals surface area contributed by atoms with Crippen molar-refractivity contribution >= 4 is 5.91 Å². The van der Waals surface area contributed by atoms with Crippen LogP contribution in [0.5, 0.6) is 0 Å². The van der Waals surface area contributed by atoms with Crippen LogP contribution in [0.2, 0.25) is 0 Å². The van der Waals surface area contributed by atoms with Crippen molar-refractivity contribution in [2.75, 3.05) is 13.2 Å². The molecule has 1 fully saturated rings. The number of aliphatic hydroxyl groups excluding tert-OH is 1. The minimum Gasteiger partial charge on any atom is -0.394 e. The summed E-state index contributed by atoms with van der Waals surface area (Å²) in [4.78, 5) is 36.5. The molecule has 11 heteroatoms. The standard InChI is InChI=1S/C15H16F3N3O5/c1-8-5-10(7-22)26-12(8)21-6-9(11(23)20-14(21)25)3-2-4-19-13(24)15(16,17)18/h6,8,10,12,22H,4-5,7H2,1H3,(H,19,24)(H,20,23,25)/t8?,10?,12-/m1/s1. The molecular formula is C15H16F3N3O5. The highest BCUT2D eigenvalue weighted by atomic mass is 19.4. The number of halogens is 3. The van der Waals surface area contributed by atoms with E-state index in [1.165, 1.54) is 0 Å². The van der Waals surface area contributed by atoms with E-state index in [0.717, 1.165) is 10.8 Å². The van der Waals surface area contributed by atoms with Crippen molar-refractivity contribution in [3.8, 4) is 11.8 Å². The molecule has 1 aromatic rings. The number of aromatic amines is 1. The number of ether oxygens (including phenoxy) is 1. The molecule has 0 bridgehead atoms. The summed E-state index contributed by atoms with van der Waals surface area (Å²) in [7, 11) is 0. The molecule has 1 aliphatic heterocycles. The van der Waals surface area contributed by atoms with Crippen molar-refractivity contribution in [1.82, 2.24) is 14.9 Å². The molecule has 2 heterocycles. The van der Waals surface area contributed by atoms with Gasteiger partial charge in [0.15, 0.2) is 0 Å². The number of carbonyl (C=O) groups is 1. The zero-order valence-corrected chi connectivity index (χ0v) is 13.6. The van der Waals surface area contributed by atoms with Gasteiger partial charge in [-0.1, -0.05) is 18.8 Å². The first kappa shape index (κ1) is 19.7. The van der Waals surface area contributed by atoms with E-state index < -0.39 is 42.2 Å². The molecule has 1 aliphatic rings. The lowest BCUT2D eigenvalue weighted by Gasteiger charge is -2.18. The zero-order valence-electron chi connectivity index (χ0n) is 13.6. The SMILES string of the molecule is CC1CC(CO)O[C@H]1n1cc(C#CCNC(=O)C(F)(F)F)c(=O)[nH]c1=O. The van der Waals surface area contributed by atoms with E-state index >= 15 is 0 Å². The molecule has 26 heavy (non-hydrogen) atoms. The van der Waals surface area contributed by atoms with Crippen molar-refractivity contribution in [1.29, 1.82) is 0 Å². The molecule has 0 spiro atoms. The number of alkyl halides is 3. The van der Waals surface area contributed by atoms with E-state index in [0.29, 0.717) is 6.42 Å². The third-order valence-electron chi connectivity index (χ3n) is 3.72. The van der Waals surface area contributed by atoms with Gasteiger partial charge in [0, 0.05) is 12.1 Å². The Morgan fingerprint density at radius 1 is 1.50 bits per heavy atom. The van der Waals surface area contributed by atoms with Crippen LogP contribution in [0, 0.1) is 17.8 Å². The number of rotatable bonds is 3. The maximum atomic E-state index is 12.0. The summed E-state index contributed by atoms with van der Waals surface area (Å²) in [6.07, 6.45) is -4.54. The van der Waals surface area contributed by atoms with E-state index in [-0.39, 0.29) is 18.1 Å². The molecule has 3 N–H and O–H groups in total. The van der Waals surface area contributed by atoms with Crippen molar-refractivity contribution in [2.45, 2.75) is 31.9 Å². The average Bonchev–Trinajstić information content (AvgIpc) is 2.93. The molecule has 0 aromatic carbocycles. The Balaban J connectivity index is 2.19. The predicted molar refractivity (Wildman–Crippen MR) is 82.0 cm³/mol. The fraction of sp³-hybridized carbons (Fsp3) is 0.533. The Hall–Kier alpha value is -2.58. The van der Waals surface area contributed by atoms with Gasteiger partial charge in [0.1, 0.15) is 11.8 Å². The van der Waals surface area contributed by atoms with Gasteiger partial charge in [-0.15, -0.1) is 0 Å². The smallest absolute Gasteiger partial charge is 0.394 e. The number of aromatic nitrogens is 2. The molecular weight excluding hydrogens is 359 g/mol. The number of nitrogens with one attached hydrogen (secondary N) is 2. The Morgan fingerprint density at radius 3 is 2.77 bits per heavy atom. The van der Waals surface area contributed by atoms with E-state index in [2.05, 4.69) is 16.8 Å². The van der Waals surface area contributed by atoms with Gasteiger partial charge < -0.3 is 15.2 Å². The number of carbonyl (C=O) groups excluding carboxylic acids is 1. The van der Waals surface area contributed by atoms with Crippen molar-refractivity contribution in [2.24, 2.45) is 5.92 Å². The third-order valence-corrected chi connectivity index (χ3v) is 3.72. The summed E-state index contributed by atoms with van der Waals surface area (Å²) in [6, 6.07) is 0. The Kier molecular flexibility index (Phi) is 5.89. The molecule has 2 unspecified atom stereocenters. The summed E-state index contributed by atoms with van der Waals surface area (Å²) < 4.78 is 42.8. The molecule has 0 saturated carbocycles. The summed E-state index contributed by atoms with van der Waals surface area (Å²) in [6.45, 7) is 0.959. The number of aliphatic hydroxyl groups is 1. The van der Waals surface area contributed by atoms with E-state index in [4.69, 9.17) is 9.84 Å². The first-order valence-electron chi connectivity index (χ1n) is 7.59. The van der Waals surface area contributed by atoms with Crippen LogP contribution < -0.4 is 16.6 Å². The Bertz CT molecular complexity index is 849. The second-order valence-electron chi connectivity index (χ2n) is 5.74. The molecule has 8 nitrogen and oxygen atoms in total. The molecule has 1 amide bonds.